The van der Waals surface area contributed by atoms with E-state index in [4.69, 9.17) is 14.2 Å². The molecule has 1 heterocycles. The lowest BCUT2D eigenvalue weighted by Crippen LogP contribution is -2.33. The highest BCUT2D eigenvalue weighted by Crippen LogP contribution is 2.53. The fourth-order valence-electron chi connectivity index (χ4n) is 3.10. The summed E-state index contributed by atoms with van der Waals surface area (Å²) in [5.74, 6) is -0.922. The smallest absolute Gasteiger partial charge is 0.307 e. The van der Waals surface area contributed by atoms with Crippen molar-refractivity contribution in [2.45, 2.75) is 18.9 Å². The van der Waals surface area contributed by atoms with Gasteiger partial charge < -0.3 is 14.2 Å². The Hall–Kier alpha value is -2.77. The molecule has 0 radical (unpaired) electrons. The van der Waals surface area contributed by atoms with Gasteiger partial charge >= 0.3 is 5.97 Å². The maximum atomic E-state index is 14.7. The number of halogens is 2. The van der Waals surface area contributed by atoms with Gasteiger partial charge in [0.05, 0.1) is 20.1 Å². The predicted octanol–water partition coefficient (Wildman–Crippen LogP) is 5.21. The van der Waals surface area contributed by atoms with Crippen molar-refractivity contribution in [1.29, 1.82) is 0 Å². The molecule has 0 fully saturated rings. The molecule has 7 nitrogen and oxygen atoms in total. The lowest BCUT2D eigenvalue weighted by atomic mass is 9.78. The topological polar surface area (TPSA) is 93.5 Å². The van der Waals surface area contributed by atoms with Crippen molar-refractivity contribution < 1.29 is 23.4 Å². The van der Waals surface area contributed by atoms with Gasteiger partial charge in [-0.15, -0.1) is 0 Å². The minimum atomic E-state index is -1.55. The Morgan fingerprint density at radius 1 is 1.37 bits per heavy atom. The number of benzene rings is 2. The summed E-state index contributed by atoms with van der Waals surface area (Å²) >= 11 is 3.37. The maximum Gasteiger partial charge on any atom is 0.307 e. The molecular weight excluding hydrogens is 421 g/mol. The minimum absolute atomic E-state index is 0.123. The lowest BCUT2D eigenvalue weighted by Gasteiger charge is -2.36. The first kappa shape index (κ1) is 19.0. The second-order valence-electron chi connectivity index (χ2n) is 5.76. The van der Waals surface area contributed by atoms with E-state index in [0.717, 1.165) is 6.07 Å². The number of hydrogen-bond acceptors (Lipinski definition) is 5. The first-order valence-electron chi connectivity index (χ1n) is 8.03. The molecule has 1 aliphatic heterocycles. The summed E-state index contributed by atoms with van der Waals surface area (Å²) in [6.07, 6.45) is -0.322. The van der Waals surface area contributed by atoms with Gasteiger partial charge in [0, 0.05) is 26.6 Å². The molecule has 0 aliphatic carbocycles. The molecule has 27 heavy (non-hydrogen) atoms. The van der Waals surface area contributed by atoms with Crippen LogP contribution in [0.15, 0.2) is 39.9 Å². The summed E-state index contributed by atoms with van der Waals surface area (Å²) in [6, 6.07) is 7.64. The molecule has 0 aromatic heterocycles. The molecule has 2 aromatic rings. The first-order chi connectivity index (χ1) is 12.9. The summed E-state index contributed by atoms with van der Waals surface area (Å²) in [4.78, 5) is 15.3. The Morgan fingerprint density at radius 2 is 2.15 bits per heavy atom. The first-order valence-corrected chi connectivity index (χ1v) is 8.82. The molecule has 3 rings (SSSR count). The number of methoxy groups -OCH3 is 1. The van der Waals surface area contributed by atoms with Crippen LogP contribution in [-0.2, 0) is 15.1 Å². The molecule has 1 atom stereocenters. The van der Waals surface area contributed by atoms with Gasteiger partial charge in [0.15, 0.2) is 11.6 Å². The number of rotatable bonds is 5. The molecule has 0 N–H and O–H groups in total. The zero-order valence-corrected chi connectivity index (χ0v) is 16.1. The van der Waals surface area contributed by atoms with Crippen molar-refractivity contribution in [3.63, 3.8) is 0 Å². The van der Waals surface area contributed by atoms with Crippen LogP contribution >= 0.6 is 15.9 Å². The van der Waals surface area contributed by atoms with E-state index in [1.165, 1.54) is 13.2 Å². The number of azide groups is 1. The maximum absolute atomic E-state index is 14.7. The molecule has 1 unspecified atom stereocenters. The van der Waals surface area contributed by atoms with Gasteiger partial charge in [0.25, 0.3) is 0 Å². The standard InChI is InChI=1S/C18H15BrFN3O4/c1-3-26-16(24)9-18(22-23-21)12-6-10(19)4-5-15(12)27-17-13(18)7-11(25-2)8-14(17)20/h4-8H,3,9H2,1-2H3. The normalized spacial score (nSPS) is 17.0. The lowest BCUT2D eigenvalue weighted by molar-refractivity contribution is -0.144. The Balaban J connectivity index is 2.35. The van der Waals surface area contributed by atoms with Gasteiger partial charge in [0.1, 0.15) is 17.0 Å². The second-order valence-corrected chi connectivity index (χ2v) is 6.68. The Bertz CT molecular complexity index is 962. The summed E-state index contributed by atoms with van der Waals surface area (Å²) in [5.41, 5.74) is 8.33. The number of fused-ring (bicyclic) bond motifs is 2. The Kier molecular flexibility index (Phi) is 5.25. The van der Waals surface area contributed by atoms with Gasteiger partial charge in [-0.2, -0.15) is 0 Å². The quantitative estimate of drug-likeness (QED) is 0.278. The van der Waals surface area contributed by atoms with Gasteiger partial charge in [0.2, 0.25) is 0 Å². The van der Waals surface area contributed by atoms with Crippen LogP contribution in [0.1, 0.15) is 24.5 Å². The predicted molar refractivity (Wildman–Crippen MR) is 98.3 cm³/mol. The van der Waals surface area contributed by atoms with Crippen molar-refractivity contribution in [1.82, 2.24) is 0 Å². The average Bonchev–Trinajstić information content (AvgIpc) is 2.63. The van der Waals surface area contributed by atoms with Gasteiger partial charge in [-0.3, -0.25) is 4.79 Å². The van der Waals surface area contributed by atoms with Gasteiger partial charge in [-0.25, -0.2) is 4.39 Å². The van der Waals surface area contributed by atoms with Crippen molar-refractivity contribution in [2.75, 3.05) is 13.7 Å². The summed E-state index contributed by atoms with van der Waals surface area (Å²) < 4.78 is 31.3. The van der Waals surface area contributed by atoms with Crippen LogP contribution in [0, 0.1) is 5.82 Å². The summed E-state index contributed by atoms with van der Waals surface area (Å²) in [7, 11) is 1.38. The monoisotopic (exact) mass is 435 g/mol. The second kappa shape index (κ2) is 7.46. The Morgan fingerprint density at radius 3 is 2.81 bits per heavy atom. The Labute approximate surface area is 162 Å². The molecular formula is C18H15BrFN3O4. The molecule has 0 spiro atoms. The van der Waals surface area contributed by atoms with Gasteiger partial charge in [-0.05, 0) is 36.7 Å². The van der Waals surface area contributed by atoms with Crippen molar-refractivity contribution in [2.24, 2.45) is 5.11 Å². The molecule has 0 saturated heterocycles. The number of carbonyl (C=O) groups excluding carboxylic acids is 1. The van der Waals surface area contributed by atoms with Crippen LogP contribution in [0.5, 0.6) is 17.2 Å². The largest absolute Gasteiger partial charge is 0.497 e. The zero-order chi connectivity index (χ0) is 19.6. The molecule has 0 bridgehead atoms. The fourth-order valence-corrected chi connectivity index (χ4v) is 3.46. The fraction of sp³-hybridized carbons (Fsp3) is 0.278. The van der Waals surface area contributed by atoms with Crippen molar-refractivity contribution in [3.8, 4) is 17.2 Å². The van der Waals surface area contributed by atoms with E-state index in [-0.39, 0.29) is 35.8 Å². The molecule has 140 valence electrons. The highest BCUT2D eigenvalue weighted by Gasteiger charge is 2.45. The third-order valence-electron chi connectivity index (χ3n) is 4.22. The van der Waals surface area contributed by atoms with E-state index in [1.807, 2.05) is 0 Å². The average molecular weight is 436 g/mol. The van der Waals surface area contributed by atoms with Crippen LogP contribution in [0.25, 0.3) is 10.4 Å². The highest BCUT2D eigenvalue weighted by atomic mass is 79.9. The van der Waals surface area contributed by atoms with Crippen LogP contribution in [0.4, 0.5) is 4.39 Å². The summed E-state index contributed by atoms with van der Waals surface area (Å²) in [5, 5.41) is 3.93. The third kappa shape index (κ3) is 3.31. The van der Waals surface area contributed by atoms with E-state index >= 15 is 0 Å². The highest BCUT2D eigenvalue weighted by molar-refractivity contribution is 9.10. The number of nitrogens with zero attached hydrogens (tertiary/aromatic N) is 3. The third-order valence-corrected chi connectivity index (χ3v) is 4.71. The number of hydrogen-bond donors (Lipinski definition) is 0. The molecule has 2 aromatic carbocycles. The van der Waals surface area contributed by atoms with Crippen molar-refractivity contribution >= 4 is 21.9 Å². The van der Waals surface area contributed by atoms with E-state index in [1.54, 1.807) is 25.1 Å². The number of esters is 1. The SMILES string of the molecule is CCOC(=O)CC1(N=[N+]=[N-])c2cc(Br)ccc2Oc2c(F)cc(OC)cc21. The van der Waals surface area contributed by atoms with E-state index in [0.29, 0.717) is 10.0 Å². The van der Waals surface area contributed by atoms with Crippen molar-refractivity contribution in [3.05, 3.63) is 62.2 Å². The molecule has 9 heteroatoms. The number of carbonyl (C=O) groups is 1. The van der Waals surface area contributed by atoms with Gasteiger partial charge in [-0.1, -0.05) is 21.0 Å². The van der Waals surface area contributed by atoms with Crippen LogP contribution in [0.2, 0.25) is 0 Å². The molecule has 1 aliphatic rings. The van der Waals surface area contributed by atoms with E-state index in [2.05, 4.69) is 26.0 Å². The van der Waals surface area contributed by atoms with Crippen LogP contribution < -0.4 is 9.47 Å². The minimum Gasteiger partial charge on any atom is -0.497 e. The molecule has 0 saturated carbocycles. The van der Waals surface area contributed by atoms with E-state index < -0.39 is 17.3 Å². The van der Waals surface area contributed by atoms with Crippen LogP contribution in [-0.4, -0.2) is 19.7 Å². The zero-order valence-electron chi connectivity index (χ0n) is 14.5. The number of ether oxygens (including phenoxy) is 3. The summed E-state index contributed by atoms with van der Waals surface area (Å²) in [6.45, 7) is 1.83. The van der Waals surface area contributed by atoms with E-state index in [9.17, 15) is 14.7 Å². The van der Waals surface area contributed by atoms with Crippen LogP contribution in [0.3, 0.4) is 0 Å². The molecule has 0 amide bonds.